The van der Waals surface area contributed by atoms with E-state index in [0.29, 0.717) is 19.0 Å². The molecule has 2 aromatic rings. The number of hydrogen-bond acceptors (Lipinski definition) is 3. The molecule has 2 amide bonds. The molecule has 0 saturated carbocycles. The lowest BCUT2D eigenvalue weighted by Gasteiger charge is -2.33. The Bertz CT molecular complexity index is 879. The minimum absolute atomic E-state index is 0.0720. The summed E-state index contributed by atoms with van der Waals surface area (Å²) in [7, 11) is 2.14. The lowest BCUT2D eigenvalue weighted by atomic mass is 9.96. The summed E-state index contributed by atoms with van der Waals surface area (Å²) < 4.78 is 19.0. The predicted molar refractivity (Wildman–Crippen MR) is 120 cm³/mol. The third-order valence-electron chi connectivity index (χ3n) is 6.31. The number of nitrogens with zero attached hydrogens (tertiary/aromatic N) is 2. The summed E-state index contributed by atoms with van der Waals surface area (Å²) in [6.07, 6.45) is 4.23. The standard InChI is InChI=1S/C25H32FN3O2/c1-28-12-10-20(11-13-28)18-29(17-19-4-7-23(26)8-5-19)25(30)27-16-21-6-9-24-22(15-21)3-2-14-31-24/h4-9,15,20H,2-3,10-14,16-18H2,1H3,(H,27,30). The van der Waals surface area contributed by atoms with E-state index in [-0.39, 0.29) is 11.8 Å². The van der Waals surface area contributed by atoms with E-state index in [1.54, 1.807) is 12.1 Å². The van der Waals surface area contributed by atoms with E-state index in [1.807, 2.05) is 17.0 Å². The second-order valence-corrected chi connectivity index (χ2v) is 8.81. The number of fused-ring (bicyclic) bond motifs is 1. The molecule has 5 nitrogen and oxygen atoms in total. The number of carbonyl (C=O) groups excluding carboxylic acids is 1. The highest BCUT2D eigenvalue weighted by Gasteiger charge is 2.23. The molecule has 2 aromatic carbocycles. The third-order valence-corrected chi connectivity index (χ3v) is 6.31. The fourth-order valence-corrected chi connectivity index (χ4v) is 4.40. The van der Waals surface area contributed by atoms with Crippen molar-refractivity contribution in [2.45, 2.75) is 38.8 Å². The van der Waals surface area contributed by atoms with Crippen molar-refractivity contribution >= 4 is 6.03 Å². The van der Waals surface area contributed by atoms with Crippen molar-refractivity contribution in [2.24, 2.45) is 5.92 Å². The van der Waals surface area contributed by atoms with Gasteiger partial charge in [0.05, 0.1) is 6.61 Å². The van der Waals surface area contributed by atoms with E-state index >= 15 is 0 Å². The van der Waals surface area contributed by atoms with E-state index in [0.717, 1.165) is 68.8 Å². The van der Waals surface area contributed by atoms with E-state index < -0.39 is 0 Å². The molecule has 0 bridgehead atoms. The van der Waals surface area contributed by atoms with Gasteiger partial charge in [0.25, 0.3) is 0 Å². The quantitative estimate of drug-likeness (QED) is 0.754. The smallest absolute Gasteiger partial charge is 0.317 e. The van der Waals surface area contributed by atoms with Crippen LogP contribution in [0.25, 0.3) is 0 Å². The Labute approximate surface area is 184 Å². The van der Waals surface area contributed by atoms with Crippen LogP contribution < -0.4 is 10.1 Å². The number of urea groups is 1. The molecule has 1 N–H and O–H groups in total. The van der Waals surface area contributed by atoms with Crippen molar-refractivity contribution in [2.75, 3.05) is 33.3 Å². The number of halogens is 1. The molecule has 2 aliphatic rings. The second-order valence-electron chi connectivity index (χ2n) is 8.81. The summed E-state index contributed by atoms with van der Waals surface area (Å²) in [5.41, 5.74) is 3.24. The monoisotopic (exact) mass is 425 g/mol. The van der Waals surface area contributed by atoms with Crippen LogP contribution in [0, 0.1) is 11.7 Å². The highest BCUT2D eigenvalue weighted by Crippen LogP contribution is 2.25. The van der Waals surface area contributed by atoms with E-state index in [1.165, 1.54) is 17.7 Å². The molecule has 0 aromatic heterocycles. The molecule has 1 saturated heterocycles. The van der Waals surface area contributed by atoms with Crippen LogP contribution in [-0.4, -0.2) is 49.1 Å². The Balaban J connectivity index is 1.40. The van der Waals surface area contributed by atoms with Crippen molar-refractivity contribution in [3.8, 4) is 5.75 Å². The number of piperidine rings is 1. The van der Waals surface area contributed by atoms with Crippen LogP contribution in [0.2, 0.25) is 0 Å². The number of nitrogens with one attached hydrogen (secondary N) is 1. The molecule has 0 unspecified atom stereocenters. The molecule has 4 rings (SSSR count). The first-order valence-corrected chi connectivity index (χ1v) is 11.3. The average Bonchev–Trinajstić information content (AvgIpc) is 2.79. The lowest BCUT2D eigenvalue weighted by molar-refractivity contribution is 0.155. The number of rotatable bonds is 6. The minimum Gasteiger partial charge on any atom is -0.493 e. The summed E-state index contributed by atoms with van der Waals surface area (Å²) >= 11 is 0. The van der Waals surface area contributed by atoms with Crippen molar-refractivity contribution in [3.05, 3.63) is 65.0 Å². The molecule has 0 spiro atoms. The van der Waals surface area contributed by atoms with Gasteiger partial charge in [-0.2, -0.15) is 0 Å². The van der Waals surface area contributed by atoms with Gasteiger partial charge in [0.15, 0.2) is 0 Å². The molecule has 2 aliphatic heterocycles. The predicted octanol–water partition coefficient (Wildman–Crippen LogP) is 4.20. The van der Waals surface area contributed by atoms with Gasteiger partial charge < -0.3 is 19.9 Å². The van der Waals surface area contributed by atoms with Gasteiger partial charge in [-0.15, -0.1) is 0 Å². The fourth-order valence-electron chi connectivity index (χ4n) is 4.40. The highest BCUT2D eigenvalue weighted by molar-refractivity contribution is 5.74. The SMILES string of the molecule is CN1CCC(CN(Cc2ccc(F)cc2)C(=O)NCc2ccc3c(c2)CCCO3)CC1. The largest absolute Gasteiger partial charge is 0.493 e. The normalized spacial score (nSPS) is 17.0. The van der Waals surface area contributed by atoms with Gasteiger partial charge >= 0.3 is 6.03 Å². The van der Waals surface area contributed by atoms with Crippen LogP contribution in [-0.2, 0) is 19.5 Å². The molecule has 0 atom stereocenters. The van der Waals surface area contributed by atoms with Crippen LogP contribution in [0.3, 0.4) is 0 Å². The van der Waals surface area contributed by atoms with Gasteiger partial charge in [0, 0.05) is 19.6 Å². The van der Waals surface area contributed by atoms with E-state index in [2.05, 4.69) is 23.3 Å². The first-order chi connectivity index (χ1) is 15.1. The van der Waals surface area contributed by atoms with E-state index in [9.17, 15) is 9.18 Å². The zero-order valence-electron chi connectivity index (χ0n) is 18.3. The summed E-state index contributed by atoms with van der Waals surface area (Å²) in [6.45, 7) is 4.59. The topological polar surface area (TPSA) is 44.8 Å². The summed E-state index contributed by atoms with van der Waals surface area (Å²) in [5, 5.41) is 3.10. The average molecular weight is 426 g/mol. The zero-order valence-corrected chi connectivity index (χ0v) is 18.3. The minimum atomic E-state index is -0.258. The maximum Gasteiger partial charge on any atom is 0.317 e. The molecular formula is C25H32FN3O2. The van der Waals surface area contributed by atoms with Crippen LogP contribution in [0.1, 0.15) is 36.0 Å². The molecule has 2 heterocycles. The van der Waals surface area contributed by atoms with Gasteiger partial charge in [-0.05, 0) is 86.6 Å². The molecule has 166 valence electrons. The van der Waals surface area contributed by atoms with Crippen molar-refractivity contribution in [3.63, 3.8) is 0 Å². The Hall–Kier alpha value is -2.60. The number of amides is 2. The molecule has 0 radical (unpaired) electrons. The number of hydrogen-bond donors (Lipinski definition) is 1. The third kappa shape index (κ3) is 5.97. The van der Waals surface area contributed by atoms with Crippen LogP contribution in [0.5, 0.6) is 5.75 Å². The maximum atomic E-state index is 13.3. The molecule has 0 aliphatic carbocycles. The van der Waals surface area contributed by atoms with Crippen LogP contribution in [0.15, 0.2) is 42.5 Å². The molecular weight excluding hydrogens is 393 g/mol. The Morgan fingerprint density at radius 1 is 1.16 bits per heavy atom. The lowest BCUT2D eigenvalue weighted by Crippen LogP contribution is -2.44. The molecule has 6 heteroatoms. The first-order valence-electron chi connectivity index (χ1n) is 11.3. The van der Waals surface area contributed by atoms with Gasteiger partial charge in [-0.1, -0.05) is 24.3 Å². The van der Waals surface area contributed by atoms with Crippen molar-refractivity contribution in [1.82, 2.24) is 15.1 Å². The number of carbonyl (C=O) groups is 1. The fraction of sp³-hybridized carbons (Fsp3) is 0.480. The van der Waals surface area contributed by atoms with Gasteiger partial charge in [-0.25, -0.2) is 9.18 Å². The summed E-state index contributed by atoms with van der Waals surface area (Å²) in [5.74, 6) is 1.19. The van der Waals surface area contributed by atoms with E-state index in [4.69, 9.17) is 4.74 Å². The Morgan fingerprint density at radius 3 is 2.68 bits per heavy atom. The number of likely N-dealkylation sites (tertiary alicyclic amines) is 1. The number of benzene rings is 2. The zero-order chi connectivity index (χ0) is 21.6. The number of aryl methyl sites for hydroxylation is 1. The second kappa shape index (κ2) is 10.1. The Morgan fingerprint density at radius 2 is 1.90 bits per heavy atom. The van der Waals surface area contributed by atoms with Crippen molar-refractivity contribution in [1.29, 1.82) is 0 Å². The first kappa shape index (κ1) is 21.6. The van der Waals surface area contributed by atoms with Gasteiger partial charge in [0.1, 0.15) is 11.6 Å². The molecule has 31 heavy (non-hydrogen) atoms. The molecule has 1 fully saturated rings. The van der Waals surface area contributed by atoms with Gasteiger partial charge in [-0.3, -0.25) is 0 Å². The van der Waals surface area contributed by atoms with Crippen molar-refractivity contribution < 1.29 is 13.9 Å². The van der Waals surface area contributed by atoms with Gasteiger partial charge in [0.2, 0.25) is 0 Å². The number of ether oxygens (including phenoxy) is 1. The highest BCUT2D eigenvalue weighted by atomic mass is 19.1. The maximum absolute atomic E-state index is 13.3. The summed E-state index contributed by atoms with van der Waals surface area (Å²) in [4.78, 5) is 17.3. The summed E-state index contributed by atoms with van der Waals surface area (Å²) in [6, 6.07) is 12.5. The van der Waals surface area contributed by atoms with Crippen LogP contribution in [0.4, 0.5) is 9.18 Å². The Kier molecular flexibility index (Phi) is 7.07. The van der Waals surface area contributed by atoms with Crippen LogP contribution >= 0.6 is 0 Å².